The van der Waals surface area contributed by atoms with Crippen LogP contribution in [0.1, 0.15) is 11.6 Å². The molecule has 1 unspecified atom stereocenters. The van der Waals surface area contributed by atoms with Gasteiger partial charge in [0.1, 0.15) is 11.6 Å². The van der Waals surface area contributed by atoms with E-state index in [0.29, 0.717) is 12.5 Å². The van der Waals surface area contributed by atoms with Gasteiger partial charge < -0.3 is 20.7 Å². The molecule has 25 heavy (non-hydrogen) atoms. The van der Waals surface area contributed by atoms with Gasteiger partial charge in [0.2, 0.25) is 0 Å². The Bertz CT molecular complexity index is 692. The van der Waals surface area contributed by atoms with Gasteiger partial charge in [-0.1, -0.05) is 18.2 Å². The molecule has 0 saturated carbocycles. The highest BCUT2D eigenvalue weighted by atomic mass is 127. The molecule has 0 amide bonds. The van der Waals surface area contributed by atoms with E-state index < -0.39 is 0 Å². The Morgan fingerprint density at radius 2 is 1.92 bits per heavy atom. The standard InChI is InChI=1S/C18H23FN4O.HI/c1-23(2)17(13-7-9-14(19)10-8-13)12-21-18(20)22-15-5-4-6-16(11-15)24-3;/h4-11,17H,12H2,1-3H3,(H3,20,21,22);1H. The molecular weight excluding hydrogens is 434 g/mol. The van der Waals surface area contributed by atoms with E-state index in [1.807, 2.05) is 43.3 Å². The lowest BCUT2D eigenvalue weighted by molar-refractivity contribution is 0.306. The van der Waals surface area contributed by atoms with Crippen molar-refractivity contribution in [2.24, 2.45) is 10.7 Å². The van der Waals surface area contributed by atoms with E-state index >= 15 is 0 Å². The van der Waals surface area contributed by atoms with Crippen molar-refractivity contribution in [3.8, 4) is 5.75 Å². The number of benzene rings is 2. The van der Waals surface area contributed by atoms with E-state index in [9.17, 15) is 4.39 Å². The molecule has 136 valence electrons. The number of likely N-dealkylation sites (N-methyl/N-ethyl adjacent to an activating group) is 1. The van der Waals surface area contributed by atoms with Crippen LogP contribution in [0.15, 0.2) is 53.5 Å². The molecule has 0 radical (unpaired) electrons. The topological polar surface area (TPSA) is 62.9 Å². The van der Waals surface area contributed by atoms with Crippen molar-refractivity contribution in [3.63, 3.8) is 0 Å². The molecule has 0 spiro atoms. The zero-order chi connectivity index (χ0) is 17.5. The highest BCUT2D eigenvalue weighted by Gasteiger charge is 2.13. The van der Waals surface area contributed by atoms with Gasteiger partial charge in [-0.15, -0.1) is 24.0 Å². The lowest BCUT2D eigenvalue weighted by atomic mass is 10.1. The third-order valence-electron chi connectivity index (χ3n) is 3.65. The molecule has 7 heteroatoms. The van der Waals surface area contributed by atoms with Crippen molar-refractivity contribution in [2.45, 2.75) is 6.04 Å². The molecule has 0 aromatic heterocycles. The van der Waals surface area contributed by atoms with Gasteiger partial charge in [-0.25, -0.2) is 4.39 Å². The first-order chi connectivity index (χ1) is 11.5. The summed E-state index contributed by atoms with van der Waals surface area (Å²) in [6.45, 7) is 0.460. The normalized spacial score (nSPS) is 12.4. The fourth-order valence-corrected chi connectivity index (χ4v) is 2.32. The predicted molar refractivity (Wildman–Crippen MR) is 111 cm³/mol. The Labute approximate surface area is 165 Å². The average molecular weight is 458 g/mol. The Hall–Kier alpha value is -1.87. The van der Waals surface area contributed by atoms with Gasteiger partial charge in [0.25, 0.3) is 0 Å². The molecule has 5 nitrogen and oxygen atoms in total. The van der Waals surface area contributed by atoms with Crippen LogP contribution in [0.2, 0.25) is 0 Å². The number of hydrogen-bond donors (Lipinski definition) is 2. The summed E-state index contributed by atoms with van der Waals surface area (Å²) in [6, 6.07) is 13.9. The maximum Gasteiger partial charge on any atom is 0.193 e. The highest BCUT2D eigenvalue weighted by Crippen LogP contribution is 2.19. The van der Waals surface area contributed by atoms with Crippen LogP contribution in [-0.4, -0.2) is 38.6 Å². The van der Waals surface area contributed by atoms with Crippen LogP contribution in [0.4, 0.5) is 10.1 Å². The van der Waals surface area contributed by atoms with Gasteiger partial charge in [0, 0.05) is 11.8 Å². The van der Waals surface area contributed by atoms with Crippen LogP contribution < -0.4 is 15.8 Å². The Morgan fingerprint density at radius 1 is 1.24 bits per heavy atom. The number of rotatable bonds is 6. The maximum atomic E-state index is 13.1. The number of nitrogens with two attached hydrogens (primary N) is 1. The highest BCUT2D eigenvalue weighted by molar-refractivity contribution is 14.0. The van der Waals surface area contributed by atoms with E-state index in [1.165, 1.54) is 12.1 Å². The second kappa shape index (κ2) is 10.2. The molecule has 0 aliphatic carbocycles. The molecule has 0 heterocycles. The van der Waals surface area contributed by atoms with Crippen LogP contribution in [0.3, 0.4) is 0 Å². The van der Waals surface area contributed by atoms with E-state index in [1.54, 1.807) is 19.2 Å². The lowest BCUT2D eigenvalue weighted by Gasteiger charge is -2.23. The van der Waals surface area contributed by atoms with E-state index in [2.05, 4.69) is 10.3 Å². The molecule has 2 aromatic rings. The summed E-state index contributed by atoms with van der Waals surface area (Å²) in [6.07, 6.45) is 0. The summed E-state index contributed by atoms with van der Waals surface area (Å²) in [5.74, 6) is 0.807. The van der Waals surface area contributed by atoms with Crippen LogP contribution in [0.25, 0.3) is 0 Å². The van der Waals surface area contributed by atoms with Crippen LogP contribution in [-0.2, 0) is 0 Å². The van der Waals surface area contributed by atoms with E-state index in [4.69, 9.17) is 10.5 Å². The molecule has 3 N–H and O–H groups in total. The number of aliphatic imine (C=N–C) groups is 1. The summed E-state index contributed by atoms with van der Waals surface area (Å²) < 4.78 is 18.3. The molecule has 0 saturated heterocycles. The van der Waals surface area contributed by atoms with E-state index in [0.717, 1.165) is 17.0 Å². The van der Waals surface area contributed by atoms with Crippen LogP contribution >= 0.6 is 24.0 Å². The number of nitrogens with one attached hydrogen (secondary N) is 1. The van der Waals surface area contributed by atoms with Gasteiger partial charge in [-0.05, 0) is 43.9 Å². The molecule has 0 bridgehead atoms. The van der Waals surface area contributed by atoms with Gasteiger partial charge in [-0.2, -0.15) is 0 Å². The smallest absolute Gasteiger partial charge is 0.193 e. The summed E-state index contributed by atoms with van der Waals surface area (Å²) >= 11 is 0. The van der Waals surface area contributed by atoms with Crippen molar-refractivity contribution in [3.05, 3.63) is 59.9 Å². The second-order valence-electron chi connectivity index (χ2n) is 5.61. The van der Waals surface area contributed by atoms with Crippen molar-refractivity contribution in [1.82, 2.24) is 4.90 Å². The zero-order valence-corrected chi connectivity index (χ0v) is 16.9. The number of methoxy groups -OCH3 is 1. The minimum Gasteiger partial charge on any atom is -0.497 e. The van der Waals surface area contributed by atoms with Crippen LogP contribution in [0.5, 0.6) is 5.75 Å². The number of halogens is 2. The summed E-state index contributed by atoms with van der Waals surface area (Å²) in [4.78, 5) is 6.43. The summed E-state index contributed by atoms with van der Waals surface area (Å²) in [5, 5.41) is 3.04. The first-order valence-corrected chi connectivity index (χ1v) is 7.62. The summed E-state index contributed by atoms with van der Waals surface area (Å²) in [7, 11) is 5.52. The Kier molecular flexibility index (Phi) is 8.64. The second-order valence-corrected chi connectivity index (χ2v) is 5.61. The van der Waals surface area contributed by atoms with Crippen molar-refractivity contribution < 1.29 is 9.13 Å². The van der Waals surface area contributed by atoms with Gasteiger partial charge in [-0.3, -0.25) is 4.99 Å². The third kappa shape index (κ3) is 6.50. The number of anilines is 1. The Morgan fingerprint density at radius 3 is 2.52 bits per heavy atom. The quantitative estimate of drug-likeness (QED) is 0.396. The van der Waals surface area contributed by atoms with E-state index in [-0.39, 0.29) is 35.8 Å². The van der Waals surface area contributed by atoms with Gasteiger partial charge in [0.15, 0.2) is 5.96 Å². The first-order valence-electron chi connectivity index (χ1n) is 7.62. The Balaban J connectivity index is 0.00000312. The largest absolute Gasteiger partial charge is 0.497 e. The molecule has 2 aromatic carbocycles. The summed E-state index contributed by atoms with van der Waals surface area (Å²) in [5.41, 5.74) is 7.76. The average Bonchev–Trinajstić information content (AvgIpc) is 2.56. The molecule has 0 aliphatic rings. The zero-order valence-electron chi connectivity index (χ0n) is 14.6. The van der Waals surface area contributed by atoms with Crippen molar-refractivity contribution >= 4 is 35.6 Å². The maximum absolute atomic E-state index is 13.1. The molecular formula is C18H24FIN4O. The molecule has 0 aliphatic heterocycles. The van der Waals surface area contributed by atoms with Gasteiger partial charge >= 0.3 is 0 Å². The molecule has 0 fully saturated rings. The number of hydrogen-bond acceptors (Lipinski definition) is 3. The van der Waals surface area contributed by atoms with Gasteiger partial charge in [0.05, 0.1) is 19.7 Å². The fraction of sp³-hybridized carbons (Fsp3) is 0.278. The lowest BCUT2D eigenvalue weighted by Crippen LogP contribution is -2.27. The monoisotopic (exact) mass is 458 g/mol. The third-order valence-corrected chi connectivity index (χ3v) is 3.65. The predicted octanol–water partition coefficient (Wildman–Crippen LogP) is 3.48. The molecule has 2 rings (SSSR count). The number of ether oxygens (including phenoxy) is 1. The first kappa shape index (κ1) is 21.2. The fourth-order valence-electron chi connectivity index (χ4n) is 2.32. The number of nitrogens with zero attached hydrogens (tertiary/aromatic N) is 2. The van der Waals surface area contributed by atoms with Crippen molar-refractivity contribution in [2.75, 3.05) is 33.1 Å². The SMILES string of the molecule is COc1cccc(NC(N)=NCC(c2ccc(F)cc2)N(C)C)c1.I. The minimum atomic E-state index is -0.251. The minimum absolute atomic E-state index is 0. The van der Waals surface area contributed by atoms with Crippen LogP contribution in [0, 0.1) is 5.82 Å². The molecule has 1 atom stereocenters. The number of guanidine groups is 1. The van der Waals surface area contributed by atoms with Crippen molar-refractivity contribution in [1.29, 1.82) is 0 Å².